The number of hydrogen-bond donors (Lipinski definition) is 1. The fraction of sp³-hybridized carbons (Fsp3) is 0.308. The molecule has 0 saturated carbocycles. The zero-order valence-corrected chi connectivity index (χ0v) is 11.5. The van der Waals surface area contributed by atoms with Crippen LogP contribution in [0, 0.1) is 6.92 Å². The van der Waals surface area contributed by atoms with Gasteiger partial charge in [-0.15, -0.1) is 0 Å². The Labute approximate surface area is 115 Å². The molecule has 2 aromatic rings. The number of nitrogens with zero attached hydrogens (tertiary/aromatic N) is 2. The summed E-state index contributed by atoms with van der Waals surface area (Å²) in [5.74, 6) is 0.990. The lowest BCUT2D eigenvalue weighted by molar-refractivity contribution is 0.861. The first-order valence-electron chi connectivity index (χ1n) is 5.88. The molecule has 2 heterocycles. The van der Waals surface area contributed by atoms with Crippen LogP contribution in [0.3, 0.4) is 0 Å². The van der Waals surface area contributed by atoms with Crippen molar-refractivity contribution in [3.8, 4) is 0 Å². The maximum Gasteiger partial charge on any atom is 0.117 e. The second kappa shape index (κ2) is 4.48. The van der Waals surface area contributed by atoms with E-state index in [2.05, 4.69) is 14.9 Å². The van der Waals surface area contributed by atoms with Crippen molar-refractivity contribution in [2.45, 2.75) is 13.5 Å². The van der Waals surface area contributed by atoms with Crippen LogP contribution in [0.15, 0.2) is 23.2 Å². The van der Waals surface area contributed by atoms with Gasteiger partial charge in [0.25, 0.3) is 0 Å². The van der Waals surface area contributed by atoms with E-state index in [4.69, 9.17) is 23.2 Å². The lowest BCUT2D eigenvalue weighted by atomic mass is 10.2. The van der Waals surface area contributed by atoms with E-state index in [0.717, 1.165) is 45.6 Å². The number of rotatable bonds is 2. The van der Waals surface area contributed by atoms with Crippen LogP contribution >= 0.6 is 23.2 Å². The van der Waals surface area contributed by atoms with Crippen molar-refractivity contribution in [2.24, 2.45) is 4.99 Å². The van der Waals surface area contributed by atoms with Crippen molar-refractivity contribution >= 4 is 39.9 Å². The highest BCUT2D eigenvalue weighted by molar-refractivity contribution is 6.33. The number of halogens is 2. The van der Waals surface area contributed by atoms with E-state index in [0.29, 0.717) is 6.54 Å². The van der Waals surface area contributed by atoms with E-state index in [9.17, 15) is 0 Å². The first-order valence-corrected chi connectivity index (χ1v) is 6.63. The standard InChI is InChI=1S/C13H13Cl2N3/c1-8-10-6-9(14)2-3-11(10)18(13(8)15)7-12-16-4-5-17-12/h2-3,6H,4-5,7H2,1H3,(H,16,17). The Hall–Kier alpha value is -1.19. The third-order valence-corrected chi connectivity index (χ3v) is 3.97. The van der Waals surface area contributed by atoms with E-state index >= 15 is 0 Å². The molecule has 5 heteroatoms. The summed E-state index contributed by atoms with van der Waals surface area (Å²) >= 11 is 12.4. The molecule has 94 valence electrons. The molecule has 1 aromatic heterocycles. The Balaban J connectivity index is 2.13. The van der Waals surface area contributed by atoms with Crippen LogP contribution in [-0.2, 0) is 6.54 Å². The molecular weight excluding hydrogens is 269 g/mol. The molecule has 0 aliphatic carbocycles. The highest BCUT2D eigenvalue weighted by Crippen LogP contribution is 2.31. The van der Waals surface area contributed by atoms with Crippen molar-refractivity contribution in [1.29, 1.82) is 0 Å². The van der Waals surface area contributed by atoms with Gasteiger partial charge in [0, 0.05) is 17.0 Å². The molecule has 0 amide bonds. The first kappa shape index (κ1) is 11.9. The predicted molar refractivity (Wildman–Crippen MR) is 77.0 cm³/mol. The summed E-state index contributed by atoms with van der Waals surface area (Å²) < 4.78 is 2.07. The molecule has 18 heavy (non-hydrogen) atoms. The van der Waals surface area contributed by atoms with Gasteiger partial charge in [-0.05, 0) is 30.7 Å². The van der Waals surface area contributed by atoms with Crippen LogP contribution in [0.2, 0.25) is 10.2 Å². The smallest absolute Gasteiger partial charge is 0.117 e. The third-order valence-electron chi connectivity index (χ3n) is 3.25. The maximum atomic E-state index is 6.40. The summed E-state index contributed by atoms with van der Waals surface area (Å²) in [6.07, 6.45) is 0. The minimum Gasteiger partial charge on any atom is -0.370 e. The second-order valence-electron chi connectivity index (χ2n) is 4.42. The summed E-state index contributed by atoms with van der Waals surface area (Å²) in [4.78, 5) is 4.41. The Morgan fingerprint density at radius 2 is 2.22 bits per heavy atom. The number of amidine groups is 1. The average Bonchev–Trinajstić information content (AvgIpc) is 2.94. The zero-order valence-electron chi connectivity index (χ0n) is 10.0. The fourth-order valence-electron chi connectivity index (χ4n) is 2.32. The SMILES string of the molecule is Cc1c(Cl)n(CC2=NCCN2)c2ccc(Cl)cc12. The summed E-state index contributed by atoms with van der Waals surface area (Å²) in [6, 6.07) is 5.85. The van der Waals surface area contributed by atoms with Gasteiger partial charge in [0.05, 0.1) is 18.6 Å². The van der Waals surface area contributed by atoms with Gasteiger partial charge in [-0.25, -0.2) is 0 Å². The molecule has 3 nitrogen and oxygen atoms in total. The minimum absolute atomic E-state index is 0.685. The first-order chi connectivity index (χ1) is 8.66. The van der Waals surface area contributed by atoms with E-state index in [-0.39, 0.29) is 0 Å². The van der Waals surface area contributed by atoms with Crippen molar-refractivity contribution in [2.75, 3.05) is 13.1 Å². The molecule has 1 N–H and O–H groups in total. The summed E-state index contributed by atoms with van der Waals surface area (Å²) in [5, 5.41) is 5.85. The Morgan fingerprint density at radius 1 is 1.39 bits per heavy atom. The second-order valence-corrected chi connectivity index (χ2v) is 5.21. The van der Waals surface area contributed by atoms with E-state index in [1.54, 1.807) is 0 Å². The van der Waals surface area contributed by atoms with Gasteiger partial charge >= 0.3 is 0 Å². The number of aromatic nitrogens is 1. The number of aliphatic imine (C=N–C) groups is 1. The quantitative estimate of drug-likeness (QED) is 0.900. The molecule has 1 aromatic carbocycles. The van der Waals surface area contributed by atoms with E-state index in [1.165, 1.54) is 0 Å². The van der Waals surface area contributed by atoms with Crippen LogP contribution in [0.1, 0.15) is 5.56 Å². The summed E-state index contributed by atoms with van der Waals surface area (Å²) in [5.41, 5.74) is 2.16. The van der Waals surface area contributed by atoms with Gasteiger partial charge in [-0.1, -0.05) is 23.2 Å². The van der Waals surface area contributed by atoms with E-state index < -0.39 is 0 Å². The lowest BCUT2D eigenvalue weighted by Gasteiger charge is -2.07. The molecule has 0 radical (unpaired) electrons. The fourth-order valence-corrected chi connectivity index (χ4v) is 2.75. The van der Waals surface area contributed by atoms with Crippen LogP contribution in [0.25, 0.3) is 10.9 Å². The molecule has 0 saturated heterocycles. The minimum atomic E-state index is 0.685. The molecule has 1 aliphatic heterocycles. The largest absolute Gasteiger partial charge is 0.370 e. The molecule has 3 rings (SSSR count). The van der Waals surface area contributed by atoms with Crippen molar-refractivity contribution in [1.82, 2.24) is 9.88 Å². The molecule has 0 atom stereocenters. The normalized spacial score (nSPS) is 14.9. The molecule has 0 fully saturated rings. The Morgan fingerprint density at radius 3 is 2.94 bits per heavy atom. The van der Waals surface area contributed by atoms with Crippen LogP contribution in [0.5, 0.6) is 0 Å². The molecule has 0 spiro atoms. The van der Waals surface area contributed by atoms with Crippen LogP contribution < -0.4 is 5.32 Å². The molecule has 0 unspecified atom stereocenters. The number of fused-ring (bicyclic) bond motifs is 1. The Kier molecular flexibility index (Phi) is 2.96. The summed E-state index contributed by atoms with van der Waals surface area (Å²) in [6.45, 7) is 4.46. The van der Waals surface area contributed by atoms with Crippen LogP contribution in [0.4, 0.5) is 0 Å². The maximum absolute atomic E-state index is 6.40. The number of benzene rings is 1. The van der Waals surface area contributed by atoms with Crippen LogP contribution in [-0.4, -0.2) is 23.5 Å². The number of aryl methyl sites for hydroxylation is 1. The van der Waals surface area contributed by atoms with Gasteiger partial charge in [-0.2, -0.15) is 0 Å². The van der Waals surface area contributed by atoms with E-state index in [1.807, 2.05) is 25.1 Å². The van der Waals surface area contributed by atoms with Gasteiger partial charge in [0.1, 0.15) is 11.0 Å². The highest BCUT2D eigenvalue weighted by atomic mass is 35.5. The zero-order chi connectivity index (χ0) is 12.7. The van der Waals surface area contributed by atoms with Gasteiger partial charge in [0.15, 0.2) is 0 Å². The molecule has 0 bridgehead atoms. The van der Waals surface area contributed by atoms with Crippen molar-refractivity contribution in [3.63, 3.8) is 0 Å². The number of hydrogen-bond acceptors (Lipinski definition) is 2. The predicted octanol–water partition coefficient (Wildman–Crippen LogP) is 3.26. The van der Waals surface area contributed by atoms with Crippen molar-refractivity contribution in [3.05, 3.63) is 33.9 Å². The third kappa shape index (κ3) is 1.88. The average molecular weight is 282 g/mol. The number of nitrogens with one attached hydrogen (secondary N) is 1. The van der Waals surface area contributed by atoms with Crippen molar-refractivity contribution < 1.29 is 0 Å². The molecule has 1 aliphatic rings. The lowest BCUT2D eigenvalue weighted by Crippen LogP contribution is -2.23. The van der Waals surface area contributed by atoms with Gasteiger partial charge < -0.3 is 9.88 Å². The highest BCUT2D eigenvalue weighted by Gasteiger charge is 2.15. The molecular formula is C13H13Cl2N3. The topological polar surface area (TPSA) is 29.3 Å². The Bertz CT molecular complexity index is 643. The monoisotopic (exact) mass is 281 g/mol. The summed E-state index contributed by atoms with van der Waals surface area (Å²) in [7, 11) is 0. The van der Waals surface area contributed by atoms with Gasteiger partial charge in [0.2, 0.25) is 0 Å². The van der Waals surface area contributed by atoms with Gasteiger partial charge in [-0.3, -0.25) is 4.99 Å².